The summed E-state index contributed by atoms with van der Waals surface area (Å²) in [5, 5.41) is 7.25. The summed E-state index contributed by atoms with van der Waals surface area (Å²) in [4.78, 5) is 2.36. The molecule has 0 saturated carbocycles. The molecule has 2 heteroatoms. The summed E-state index contributed by atoms with van der Waals surface area (Å²) in [5.74, 6) is 0. The highest BCUT2D eigenvalue weighted by molar-refractivity contribution is 6.11. The van der Waals surface area contributed by atoms with Gasteiger partial charge >= 0.3 is 0 Å². The number of rotatable bonds is 8. The average molecular weight is 816 g/mol. The molecule has 11 aromatic carbocycles. The van der Waals surface area contributed by atoms with Gasteiger partial charge in [0.05, 0.1) is 0 Å². The fraction of sp³-hybridized carbons (Fsp3) is 0. The maximum Gasteiger partial charge on any atom is 0.143 e. The maximum absolute atomic E-state index is 6.54. The zero-order valence-corrected chi connectivity index (χ0v) is 35.0. The van der Waals surface area contributed by atoms with Crippen molar-refractivity contribution in [3.8, 4) is 55.6 Å². The Morgan fingerprint density at radius 2 is 0.688 bits per heavy atom. The number of hydrogen-bond acceptors (Lipinski definition) is 2. The monoisotopic (exact) mass is 815 g/mol. The minimum absolute atomic E-state index is 0.901. The quantitative estimate of drug-likeness (QED) is 0.152. The third kappa shape index (κ3) is 6.61. The molecule has 0 fully saturated rings. The number of benzene rings is 11. The van der Waals surface area contributed by atoms with E-state index in [1.54, 1.807) is 0 Å². The lowest BCUT2D eigenvalue weighted by Gasteiger charge is -2.26. The average Bonchev–Trinajstić information content (AvgIpc) is 3.76. The van der Waals surface area contributed by atoms with Crippen LogP contribution in [0, 0.1) is 0 Å². The van der Waals surface area contributed by atoms with Crippen molar-refractivity contribution in [1.29, 1.82) is 0 Å². The summed E-state index contributed by atoms with van der Waals surface area (Å²) in [7, 11) is 0. The van der Waals surface area contributed by atoms with Crippen molar-refractivity contribution in [2.45, 2.75) is 0 Å². The number of hydrogen-bond donors (Lipinski definition) is 0. The van der Waals surface area contributed by atoms with Crippen LogP contribution in [0.15, 0.2) is 253 Å². The summed E-state index contributed by atoms with van der Waals surface area (Å²) in [6.45, 7) is 0. The Kier molecular flexibility index (Phi) is 9.20. The molecule has 0 aliphatic heterocycles. The minimum Gasteiger partial charge on any atom is -0.455 e. The van der Waals surface area contributed by atoms with Crippen molar-refractivity contribution in [1.82, 2.24) is 0 Å². The predicted molar refractivity (Wildman–Crippen MR) is 271 cm³/mol. The number of para-hydroxylation sites is 2. The van der Waals surface area contributed by atoms with Gasteiger partial charge in [-0.1, -0.05) is 200 Å². The van der Waals surface area contributed by atoms with Gasteiger partial charge in [-0.05, 0) is 120 Å². The van der Waals surface area contributed by atoms with Crippen LogP contribution in [0.5, 0.6) is 0 Å². The Morgan fingerprint density at radius 3 is 1.30 bits per heavy atom. The molecule has 0 aliphatic carbocycles. The molecule has 0 saturated heterocycles. The van der Waals surface area contributed by atoms with E-state index in [0.29, 0.717) is 0 Å². The Labute approximate surface area is 372 Å². The van der Waals surface area contributed by atoms with Gasteiger partial charge in [0.2, 0.25) is 0 Å². The molecule has 12 aromatic rings. The normalized spacial score (nSPS) is 11.4. The SMILES string of the molecule is c1ccc(-c2cc(-c3ccc(N(c4ccc(-c5cccc6ccccc56)cc4)c4ccc(-c5cccc6ccccc56)cc4)cc3)ccc2-c2cccc3c2oc2ccccc23)cc1. The number of anilines is 3. The fourth-order valence-corrected chi connectivity index (χ4v) is 9.56. The second-order valence-electron chi connectivity index (χ2n) is 16.4. The summed E-state index contributed by atoms with van der Waals surface area (Å²) in [6, 6.07) is 89.6. The first-order valence-corrected chi connectivity index (χ1v) is 21.9. The molecule has 0 radical (unpaired) electrons. The number of fused-ring (bicyclic) bond motifs is 5. The van der Waals surface area contributed by atoms with Gasteiger partial charge in [0.1, 0.15) is 11.2 Å². The van der Waals surface area contributed by atoms with Crippen LogP contribution in [-0.4, -0.2) is 0 Å². The molecule has 0 atom stereocenters. The molecule has 0 amide bonds. The molecule has 1 aromatic heterocycles. The van der Waals surface area contributed by atoms with Crippen molar-refractivity contribution < 1.29 is 4.42 Å². The van der Waals surface area contributed by atoms with Gasteiger partial charge in [-0.3, -0.25) is 0 Å². The lowest BCUT2D eigenvalue weighted by molar-refractivity contribution is 0.670. The molecule has 0 bridgehead atoms. The van der Waals surface area contributed by atoms with Crippen molar-refractivity contribution in [3.05, 3.63) is 249 Å². The smallest absolute Gasteiger partial charge is 0.143 e. The lowest BCUT2D eigenvalue weighted by atomic mass is 9.90. The molecular weight excluding hydrogens is 775 g/mol. The molecular formula is C62H41NO. The molecule has 12 rings (SSSR count). The Hall–Kier alpha value is -8.46. The summed E-state index contributed by atoms with van der Waals surface area (Å²) < 4.78 is 6.54. The summed E-state index contributed by atoms with van der Waals surface area (Å²) in [5.41, 5.74) is 16.8. The molecule has 64 heavy (non-hydrogen) atoms. The summed E-state index contributed by atoms with van der Waals surface area (Å²) >= 11 is 0. The van der Waals surface area contributed by atoms with E-state index in [4.69, 9.17) is 4.42 Å². The van der Waals surface area contributed by atoms with Crippen LogP contribution >= 0.6 is 0 Å². The van der Waals surface area contributed by atoms with E-state index < -0.39 is 0 Å². The Bertz CT molecular complexity index is 3510. The topological polar surface area (TPSA) is 16.4 Å². The van der Waals surface area contributed by atoms with Crippen molar-refractivity contribution in [2.24, 2.45) is 0 Å². The summed E-state index contributed by atoms with van der Waals surface area (Å²) in [6.07, 6.45) is 0. The zero-order valence-electron chi connectivity index (χ0n) is 35.0. The van der Waals surface area contributed by atoms with Crippen LogP contribution in [0.2, 0.25) is 0 Å². The van der Waals surface area contributed by atoms with Gasteiger partial charge in [0.15, 0.2) is 0 Å². The van der Waals surface area contributed by atoms with Gasteiger partial charge in [-0.25, -0.2) is 0 Å². The highest BCUT2D eigenvalue weighted by atomic mass is 16.3. The van der Waals surface area contributed by atoms with Gasteiger partial charge in [-0.15, -0.1) is 0 Å². The van der Waals surface area contributed by atoms with Crippen LogP contribution in [0.1, 0.15) is 0 Å². The molecule has 0 unspecified atom stereocenters. The molecule has 300 valence electrons. The number of nitrogens with zero attached hydrogens (tertiary/aromatic N) is 1. The van der Waals surface area contributed by atoms with E-state index >= 15 is 0 Å². The molecule has 0 spiro atoms. The zero-order chi connectivity index (χ0) is 42.4. The first kappa shape index (κ1) is 37.3. The van der Waals surface area contributed by atoms with Crippen LogP contribution in [0.4, 0.5) is 17.1 Å². The molecule has 2 nitrogen and oxygen atoms in total. The molecule has 0 aliphatic rings. The Morgan fingerprint density at radius 1 is 0.250 bits per heavy atom. The van der Waals surface area contributed by atoms with Gasteiger partial charge in [-0.2, -0.15) is 0 Å². The van der Waals surface area contributed by atoms with Crippen LogP contribution in [-0.2, 0) is 0 Å². The van der Waals surface area contributed by atoms with E-state index in [2.05, 4.69) is 241 Å². The van der Waals surface area contributed by atoms with Crippen molar-refractivity contribution >= 4 is 60.5 Å². The maximum atomic E-state index is 6.54. The minimum atomic E-state index is 0.901. The van der Waals surface area contributed by atoms with Crippen molar-refractivity contribution in [2.75, 3.05) is 4.90 Å². The van der Waals surface area contributed by atoms with E-state index in [-0.39, 0.29) is 0 Å². The predicted octanol–water partition coefficient (Wildman–Crippen LogP) is 17.7. The second-order valence-corrected chi connectivity index (χ2v) is 16.4. The second kappa shape index (κ2) is 15.8. The van der Waals surface area contributed by atoms with E-state index in [0.717, 1.165) is 72.4 Å². The largest absolute Gasteiger partial charge is 0.455 e. The van der Waals surface area contributed by atoms with E-state index in [1.165, 1.54) is 43.8 Å². The van der Waals surface area contributed by atoms with Gasteiger partial charge in [0, 0.05) is 33.4 Å². The van der Waals surface area contributed by atoms with Crippen molar-refractivity contribution in [3.63, 3.8) is 0 Å². The first-order chi connectivity index (χ1) is 31.7. The first-order valence-electron chi connectivity index (χ1n) is 21.9. The fourth-order valence-electron chi connectivity index (χ4n) is 9.56. The van der Waals surface area contributed by atoms with Gasteiger partial charge < -0.3 is 9.32 Å². The molecule has 1 heterocycles. The van der Waals surface area contributed by atoms with Crippen LogP contribution in [0.3, 0.4) is 0 Å². The third-order valence-electron chi connectivity index (χ3n) is 12.7. The van der Waals surface area contributed by atoms with Gasteiger partial charge in [0.25, 0.3) is 0 Å². The standard InChI is InChI=1S/C62H41NO/c1-2-13-45(14-3-1)60-41-48(33-40-56(60)58-24-12-25-59-57-21-8-9-26-61(57)64-62(58)59)42-27-34-49(35-28-42)63(50-36-29-46(30-37-50)54-22-10-17-43-15-4-6-19-52(43)54)51-38-31-47(32-39-51)55-23-11-18-44-16-5-7-20-53(44)55/h1-41H. The third-order valence-corrected chi connectivity index (χ3v) is 12.7. The Balaban J connectivity index is 0.942. The number of furan rings is 1. The highest BCUT2D eigenvalue weighted by Gasteiger charge is 2.18. The van der Waals surface area contributed by atoms with Crippen LogP contribution in [0.25, 0.3) is 99.1 Å². The lowest BCUT2D eigenvalue weighted by Crippen LogP contribution is -2.09. The van der Waals surface area contributed by atoms with Crippen LogP contribution < -0.4 is 4.90 Å². The molecule has 0 N–H and O–H groups in total. The van der Waals surface area contributed by atoms with E-state index in [9.17, 15) is 0 Å². The van der Waals surface area contributed by atoms with E-state index in [1.807, 2.05) is 12.1 Å². The highest BCUT2D eigenvalue weighted by Crippen LogP contribution is 2.43.